The third kappa shape index (κ3) is 6.08. The van der Waals surface area contributed by atoms with Gasteiger partial charge in [-0.2, -0.15) is 0 Å². The van der Waals surface area contributed by atoms with Gasteiger partial charge in [-0.3, -0.25) is 14.4 Å². The number of carbonyl (C=O) groups excluding carboxylic acids is 3. The number of nitrogens with zero attached hydrogens (tertiary/aromatic N) is 2. The highest BCUT2D eigenvalue weighted by Crippen LogP contribution is 2.34. The maximum Gasteiger partial charge on any atom is 0.272 e. The van der Waals surface area contributed by atoms with Gasteiger partial charge in [0.05, 0.1) is 22.6 Å². The molecule has 0 saturated heterocycles. The van der Waals surface area contributed by atoms with Gasteiger partial charge in [0, 0.05) is 18.5 Å². The Labute approximate surface area is 195 Å². The van der Waals surface area contributed by atoms with Crippen LogP contribution in [0.3, 0.4) is 0 Å². The summed E-state index contributed by atoms with van der Waals surface area (Å²) in [6.07, 6.45) is 3.60. The summed E-state index contributed by atoms with van der Waals surface area (Å²) in [5, 5.41) is 15.2. The lowest BCUT2D eigenvalue weighted by atomic mass is 9.85. The standard InChI is InChI=1S/C22H27ClFN5O4/c1-22(2,33)10-26-21(32)17-18(19(25)30)29(11-27-17)14-6-3-12(4-7-14)20(31)28-16-8-5-13(24)9-15(16)23/h5,8-9,11-12,14,33H,3-4,6-7,10H2,1-2H3,(H2,25,30)(H,26,32)(H,28,31)/t12-,14-. The zero-order valence-electron chi connectivity index (χ0n) is 18.4. The van der Waals surface area contributed by atoms with Gasteiger partial charge in [-0.15, -0.1) is 0 Å². The molecule has 33 heavy (non-hydrogen) atoms. The van der Waals surface area contributed by atoms with Crippen molar-refractivity contribution in [2.75, 3.05) is 11.9 Å². The number of amides is 3. The molecule has 1 aromatic heterocycles. The predicted molar refractivity (Wildman–Crippen MR) is 120 cm³/mol. The van der Waals surface area contributed by atoms with Crippen molar-refractivity contribution >= 4 is 35.0 Å². The second kappa shape index (κ2) is 9.88. The van der Waals surface area contributed by atoms with Crippen molar-refractivity contribution in [1.29, 1.82) is 0 Å². The van der Waals surface area contributed by atoms with Gasteiger partial charge in [-0.05, 0) is 57.7 Å². The molecule has 1 aliphatic carbocycles. The molecule has 1 heterocycles. The van der Waals surface area contributed by atoms with E-state index in [4.69, 9.17) is 17.3 Å². The number of hydrogen-bond acceptors (Lipinski definition) is 5. The second-order valence-corrected chi connectivity index (χ2v) is 9.23. The van der Waals surface area contributed by atoms with Gasteiger partial charge in [0.2, 0.25) is 5.91 Å². The molecule has 3 amide bonds. The summed E-state index contributed by atoms with van der Waals surface area (Å²) in [5.74, 6) is -2.37. The average Bonchev–Trinajstić information content (AvgIpc) is 3.19. The number of halogens is 2. The molecule has 178 valence electrons. The monoisotopic (exact) mass is 479 g/mol. The molecule has 0 unspecified atom stereocenters. The summed E-state index contributed by atoms with van der Waals surface area (Å²) in [6, 6.07) is 3.61. The van der Waals surface area contributed by atoms with Crippen molar-refractivity contribution in [1.82, 2.24) is 14.9 Å². The highest BCUT2D eigenvalue weighted by Gasteiger charge is 2.31. The number of rotatable bonds is 7. The average molecular weight is 480 g/mol. The van der Waals surface area contributed by atoms with Crippen LogP contribution in [0, 0.1) is 11.7 Å². The minimum atomic E-state index is -1.12. The molecule has 3 rings (SSSR count). The summed E-state index contributed by atoms with van der Waals surface area (Å²) in [4.78, 5) is 41.3. The second-order valence-electron chi connectivity index (χ2n) is 8.83. The SMILES string of the molecule is CC(C)(O)CNC(=O)c1ncn([C@H]2CC[C@H](C(=O)Nc3ccc(F)cc3Cl)CC2)c1C(N)=O. The fourth-order valence-corrected chi connectivity index (χ4v) is 4.08. The van der Waals surface area contributed by atoms with Crippen molar-refractivity contribution in [2.45, 2.75) is 51.2 Å². The van der Waals surface area contributed by atoms with Crippen molar-refractivity contribution in [3.05, 3.63) is 46.8 Å². The summed E-state index contributed by atoms with van der Waals surface area (Å²) < 4.78 is 14.8. The van der Waals surface area contributed by atoms with Crippen molar-refractivity contribution in [3.63, 3.8) is 0 Å². The molecule has 1 aromatic carbocycles. The Bertz CT molecular complexity index is 1060. The Morgan fingerprint density at radius 3 is 2.52 bits per heavy atom. The van der Waals surface area contributed by atoms with E-state index in [1.165, 1.54) is 18.5 Å². The van der Waals surface area contributed by atoms with Crippen molar-refractivity contribution in [3.8, 4) is 0 Å². The lowest BCUT2D eigenvalue weighted by Gasteiger charge is -2.29. The number of nitrogens with one attached hydrogen (secondary N) is 2. The number of imidazole rings is 1. The molecule has 1 fully saturated rings. The van der Waals surface area contributed by atoms with Gasteiger partial charge in [0.15, 0.2) is 5.69 Å². The van der Waals surface area contributed by atoms with Crippen LogP contribution >= 0.6 is 11.6 Å². The van der Waals surface area contributed by atoms with Gasteiger partial charge in [0.1, 0.15) is 11.5 Å². The molecule has 0 aliphatic heterocycles. The number of benzene rings is 1. The van der Waals surface area contributed by atoms with E-state index in [9.17, 15) is 23.9 Å². The summed E-state index contributed by atoms with van der Waals surface area (Å²) in [5.41, 5.74) is 4.66. The number of anilines is 1. The van der Waals surface area contributed by atoms with Gasteiger partial charge >= 0.3 is 0 Å². The highest BCUT2D eigenvalue weighted by atomic mass is 35.5. The quantitative estimate of drug-likeness (QED) is 0.483. The largest absolute Gasteiger partial charge is 0.389 e. The van der Waals surface area contributed by atoms with Crippen LogP contribution in [-0.2, 0) is 4.79 Å². The van der Waals surface area contributed by atoms with Crippen LogP contribution in [0.2, 0.25) is 5.02 Å². The Morgan fingerprint density at radius 1 is 1.27 bits per heavy atom. The number of nitrogens with two attached hydrogens (primary N) is 1. The van der Waals surface area contributed by atoms with E-state index in [-0.39, 0.29) is 40.8 Å². The van der Waals surface area contributed by atoms with Gasteiger partial charge < -0.3 is 26.0 Å². The molecule has 0 atom stereocenters. The first-order valence-corrected chi connectivity index (χ1v) is 11.0. The van der Waals surface area contributed by atoms with Gasteiger partial charge in [-0.1, -0.05) is 11.6 Å². The molecule has 0 radical (unpaired) electrons. The Hall–Kier alpha value is -2.98. The minimum absolute atomic E-state index is 0.00533. The fourth-order valence-electron chi connectivity index (χ4n) is 3.87. The van der Waals surface area contributed by atoms with Gasteiger partial charge in [-0.25, -0.2) is 9.37 Å². The minimum Gasteiger partial charge on any atom is -0.389 e. The maximum absolute atomic E-state index is 13.2. The number of aromatic nitrogens is 2. The first-order chi connectivity index (χ1) is 15.5. The topological polar surface area (TPSA) is 139 Å². The smallest absolute Gasteiger partial charge is 0.272 e. The highest BCUT2D eigenvalue weighted by molar-refractivity contribution is 6.33. The lowest BCUT2D eigenvalue weighted by molar-refractivity contribution is -0.121. The van der Waals surface area contributed by atoms with Crippen LogP contribution in [0.1, 0.15) is 66.5 Å². The molecule has 9 nitrogen and oxygen atoms in total. The van der Waals surface area contributed by atoms with E-state index in [2.05, 4.69) is 15.6 Å². The molecule has 5 N–H and O–H groups in total. The lowest BCUT2D eigenvalue weighted by Crippen LogP contribution is -2.39. The third-order valence-electron chi connectivity index (χ3n) is 5.57. The van der Waals surface area contributed by atoms with Crippen LogP contribution in [0.15, 0.2) is 24.5 Å². The van der Waals surface area contributed by atoms with E-state index in [0.29, 0.717) is 31.4 Å². The first-order valence-electron chi connectivity index (χ1n) is 10.6. The van der Waals surface area contributed by atoms with Crippen LogP contribution in [-0.4, -0.2) is 44.5 Å². The number of hydrogen-bond donors (Lipinski definition) is 4. The summed E-state index contributed by atoms with van der Waals surface area (Å²) in [7, 11) is 0. The van der Waals surface area contributed by atoms with Crippen LogP contribution in [0.25, 0.3) is 0 Å². The predicted octanol–water partition coefficient (Wildman–Crippen LogP) is 2.65. The number of aliphatic hydroxyl groups is 1. The van der Waals surface area contributed by atoms with E-state index >= 15 is 0 Å². The van der Waals surface area contributed by atoms with Crippen LogP contribution in [0.5, 0.6) is 0 Å². The van der Waals surface area contributed by atoms with Gasteiger partial charge in [0.25, 0.3) is 11.8 Å². The molecule has 2 aromatic rings. The first kappa shape index (κ1) is 24.7. The van der Waals surface area contributed by atoms with Crippen LogP contribution < -0.4 is 16.4 Å². The normalized spacial score (nSPS) is 18.6. The van der Waals surface area contributed by atoms with E-state index < -0.39 is 23.2 Å². The molecule has 11 heteroatoms. The third-order valence-corrected chi connectivity index (χ3v) is 5.89. The van der Waals surface area contributed by atoms with Crippen molar-refractivity contribution in [2.24, 2.45) is 11.7 Å². The Balaban J connectivity index is 1.66. The van der Waals surface area contributed by atoms with E-state index in [1.54, 1.807) is 18.4 Å². The van der Waals surface area contributed by atoms with E-state index in [0.717, 1.165) is 6.07 Å². The van der Waals surface area contributed by atoms with Crippen LogP contribution in [0.4, 0.5) is 10.1 Å². The maximum atomic E-state index is 13.2. The molecular weight excluding hydrogens is 453 g/mol. The molecule has 1 saturated carbocycles. The Kier molecular flexibility index (Phi) is 7.38. The fraction of sp³-hybridized carbons (Fsp3) is 0.455. The zero-order valence-corrected chi connectivity index (χ0v) is 19.2. The number of primary amides is 1. The Morgan fingerprint density at radius 2 is 1.94 bits per heavy atom. The number of carbonyl (C=O) groups is 3. The molecule has 0 bridgehead atoms. The zero-order chi connectivity index (χ0) is 24.3. The summed E-state index contributed by atoms with van der Waals surface area (Å²) in [6.45, 7) is 3.06. The molecule has 0 spiro atoms. The summed E-state index contributed by atoms with van der Waals surface area (Å²) >= 11 is 5.98. The van der Waals surface area contributed by atoms with E-state index in [1.807, 2.05) is 0 Å². The molecule has 1 aliphatic rings. The molecular formula is C22H27ClFN5O4. The van der Waals surface area contributed by atoms with Crippen molar-refractivity contribution < 1.29 is 23.9 Å².